The molecular weight excluding hydrogens is 592 g/mol. The molecule has 3 aromatic rings. The molecule has 2 aliphatic rings. The summed E-state index contributed by atoms with van der Waals surface area (Å²) in [5, 5.41) is 6.58. The van der Waals surface area contributed by atoms with E-state index in [1.165, 1.54) is 0 Å². The summed E-state index contributed by atoms with van der Waals surface area (Å²) in [6, 6.07) is 20.0. The van der Waals surface area contributed by atoms with E-state index < -0.39 is 0 Å². The molecule has 2 aliphatic heterocycles. The van der Waals surface area contributed by atoms with E-state index in [1.54, 1.807) is 61.4 Å². The topological polar surface area (TPSA) is 100 Å². The number of benzene rings is 3. The van der Waals surface area contributed by atoms with Gasteiger partial charge in [0.05, 0.1) is 24.8 Å². The second-order valence-corrected chi connectivity index (χ2v) is 12.1. The summed E-state index contributed by atoms with van der Waals surface area (Å²) >= 11 is 6.25. The molecule has 45 heavy (non-hydrogen) atoms. The van der Waals surface area contributed by atoms with Crippen molar-refractivity contribution in [3.05, 3.63) is 88.4 Å². The van der Waals surface area contributed by atoms with Crippen molar-refractivity contribution in [2.45, 2.75) is 51.2 Å². The van der Waals surface area contributed by atoms with Crippen molar-refractivity contribution in [1.29, 1.82) is 0 Å². The molecule has 5 rings (SSSR count). The molecule has 9 nitrogen and oxygen atoms in total. The molecule has 0 aromatic heterocycles. The van der Waals surface area contributed by atoms with Gasteiger partial charge in [-0.2, -0.15) is 0 Å². The number of likely N-dealkylation sites (tertiary alicyclic amines) is 1. The van der Waals surface area contributed by atoms with Crippen molar-refractivity contribution in [2.75, 3.05) is 50.1 Å². The molecule has 1 fully saturated rings. The number of hydrogen-bond acceptors (Lipinski definition) is 6. The number of piperidine rings is 1. The van der Waals surface area contributed by atoms with Gasteiger partial charge in [-0.3, -0.25) is 14.4 Å². The number of aryl methyl sites for hydroxylation is 1. The molecule has 0 radical (unpaired) electrons. The summed E-state index contributed by atoms with van der Waals surface area (Å²) < 4.78 is 11.7. The van der Waals surface area contributed by atoms with Crippen LogP contribution in [-0.4, -0.2) is 74.7 Å². The third-order valence-electron chi connectivity index (χ3n) is 8.43. The maximum atomic E-state index is 13.7. The van der Waals surface area contributed by atoms with Crippen molar-refractivity contribution in [1.82, 2.24) is 10.2 Å². The number of fused-ring (bicyclic) bond motifs is 1. The fourth-order valence-corrected chi connectivity index (χ4v) is 6.20. The number of methoxy groups -OCH3 is 1. The van der Waals surface area contributed by atoms with Crippen LogP contribution in [0.4, 0.5) is 11.4 Å². The van der Waals surface area contributed by atoms with E-state index in [0.29, 0.717) is 40.7 Å². The van der Waals surface area contributed by atoms with Gasteiger partial charge in [0.2, 0.25) is 5.91 Å². The quantitative estimate of drug-likeness (QED) is 0.284. The summed E-state index contributed by atoms with van der Waals surface area (Å²) in [5.41, 5.74) is 3.38. The molecule has 1 atom stereocenters. The zero-order chi connectivity index (χ0) is 31.8. The first-order valence-corrected chi connectivity index (χ1v) is 15.9. The Labute approximate surface area is 269 Å². The summed E-state index contributed by atoms with van der Waals surface area (Å²) in [6.45, 7) is 5.28. The van der Waals surface area contributed by atoms with Crippen LogP contribution < -0.4 is 20.3 Å². The lowest BCUT2D eigenvalue weighted by atomic mass is 10.0. The molecule has 1 saturated heterocycles. The van der Waals surface area contributed by atoms with Crippen molar-refractivity contribution >= 4 is 40.7 Å². The molecule has 0 aliphatic carbocycles. The zero-order valence-electron chi connectivity index (χ0n) is 25.9. The van der Waals surface area contributed by atoms with Crippen LogP contribution in [0.3, 0.4) is 0 Å². The van der Waals surface area contributed by atoms with E-state index in [0.717, 1.165) is 63.0 Å². The third kappa shape index (κ3) is 8.63. The Bertz CT molecular complexity index is 1490. The normalized spacial score (nSPS) is 17.2. The van der Waals surface area contributed by atoms with E-state index in [9.17, 15) is 14.4 Å². The van der Waals surface area contributed by atoms with E-state index in [4.69, 9.17) is 21.1 Å². The molecule has 3 amide bonds. The van der Waals surface area contributed by atoms with Gasteiger partial charge in [0.25, 0.3) is 11.8 Å². The van der Waals surface area contributed by atoms with Crippen molar-refractivity contribution in [2.24, 2.45) is 0 Å². The number of halogens is 1. The highest BCUT2D eigenvalue weighted by molar-refractivity contribution is 6.30. The molecule has 0 saturated carbocycles. The predicted octanol–water partition coefficient (Wildman–Crippen LogP) is 5.57. The molecule has 2 heterocycles. The Hall–Kier alpha value is -3.92. The Morgan fingerprint density at radius 1 is 0.978 bits per heavy atom. The fraction of sp³-hybridized carbons (Fsp3) is 0.400. The fourth-order valence-electron chi connectivity index (χ4n) is 6.00. The van der Waals surface area contributed by atoms with Gasteiger partial charge < -0.3 is 29.9 Å². The number of nitrogens with one attached hydrogen (secondary N) is 2. The third-order valence-corrected chi connectivity index (χ3v) is 8.66. The van der Waals surface area contributed by atoms with E-state index in [-0.39, 0.29) is 29.9 Å². The highest BCUT2D eigenvalue weighted by atomic mass is 35.5. The summed E-state index contributed by atoms with van der Waals surface area (Å²) in [5.74, 6) is 0.125. The highest BCUT2D eigenvalue weighted by Crippen LogP contribution is 2.31. The Balaban J connectivity index is 1.16. The molecule has 238 valence electrons. The molecule has 3 aromatic carbocycles. The first-order valence-electron chi connectivity index (χ1n) is 15.6. The number of nitrogens with zero attached hydrogens (tertiary/aromatic N) is 2. The van der Waals surface area contributed by atoms with Gasteiger partial charge in [-0.15, -0.1) is 0 Å². The van der Waals surface area contributed by atoms with Crippen LogP contribution >= 0.6 is 11.6 Å². The number of ether oxygens (including phenoxy) is 2. The van der Waals surface area contributed by atoms with Gasteiger partial charge in [0, 0.05) is 61.7 Å². The lowest BCUT2D eigenvalue weighted by Crippen LogP contribution is -2.44. The van der Waals surface area contributed by atoms with Crippen LogP contribution in [-0.2, 0) is 16.0 Å². The smallest absolute Gasteiger partial charge is 0.259 e. The molecule has 1 unspecified atom stereocenters. The standard InChI is InChI=1S/C35H41ClN4O5/c1-24(41)37-29-16-19-39(20-17-29)18-5-21-45-33-7-4-3-6-31(33)34(42)38-28-12-8-25(9-13-28)35(43)40-23-30(44-2)14-10-26-22-27(36)11-15-32(26)40/h3-4,6-9,11-13,15,22,29-30H,5,10,14,16-21,23H2,1-2H3,(H,37,41)(H,38,42). The van der Waals surface area contributed by atoms with E-state index in [2.05, 4.69) is 15.5 Å². The zero-order valence-corrected chi connectivity index (χ0v) is 26.6. The lowest BCUT2D eigenvalue weighted by molar-refractivity contribution is -0.119. The van der Waals surface area contributed by atoms with Crippen LogP contribution in [0.25, 0.3) is 0 Å². The maximum Gasteiger partial charge on any atom is 0.259 e. The van der Waals surface area contributed by atoms with Gasteiger partial charge >= 0.3 is 0 Å². The molecular formula is C35H41ClN4O5. The number of carbonyl (C=O) groups excluding carboxylic acids is 3. The summed E-state index contributed by atoms with van der Waals surface area (Å²) in [6.07, 6.45) is 4.21. The number of anilines is 2. The van der Waals surface area contributed by atoms with Crippen LogP contribution in [0.15, 0.2) is 66.7 Å². The minimum atomic E-state index is -0.286. The van der Waals surface area contributed by atoms with Crippen molar-refractivity contribution in [3.8, 4) is 5.75 Å². The summed E-state index contributed by atoms with van der Waals surface area (Å²) in [4.78, 5) is 42.3. The van der Waals surface area contributed by atoms with Crippen molar-refractivity contribution < 1.29 is 23.9 Å². The maximum absolute atomic E-state index is 13.7. The van der Waals surface area contributed by atoms with Gasteiger partial charge in [-0.25, -0.2) is 0 Å². The highest BCUT2D eigenvalue weighted by Gasteiger charge is 2.27. The molecule has 0 spiro atoms. The monoisotopic (exact) mass is 632 g/mol. The number of para-hydroxylation sites is 1. The first kappa shape index (κ1) is 32.5. The van der Waals surface area contributed by atoms with Gasteiger partial charge in [0.15, 0.2) is 0 Å². The Morgan fingerprint density at radius 3 is 2.47 bits per heavy atom. The van der Waals surface area contributed by atoms with Crippen LogP contribution in [0, 0.1) is 0 Å². The molecule has 10 heteroatoms. The minimum Gasteiger partial charge on any atom is -0.493 e. The summed E-state index contributed by atoms with van der Waals surface area (Å²) in [7, 11) is 1.67. The van der Waals surface area contributed by atoms with Crippen LogP contribution in [0.1, 0.15) is 58.9 Å². The largest absolute Gasteiger partial charge is 0.493 e. The minimum absolute atomic E-state index is 0.0266. The van der Waals surface area contributed by atoms with Crippen LogP contribution in [0.2, 0.25) is 5.02 Å². The predicted molar refractivity (Wildman–Crippen MR) is 176 cm³/mol. The molecule has 0 bridgehead atoms. The Kier molecular flexibility index (Phi) is 11.1. The second-order valence-electron chi connectivity index (χ2n) is 11.6. The Morgan fingerprint density at radius 2 is 1.73 bits per heavy atom. The van der Waals surface area contributed by atoms with E-state index in [1.807, 2.05) is 24.3 Å². The van der Waals surface area contributed by atoms with Gasteiger partial charge in [0.1, 0.15) is 5.75 Å². The second kappa shape index (κ2) is 15.4. The van der Waals surface area contributed by atoms with E-state index >= 15 is 0 Å². The first-order chi connectivity index (χ1) is 21.8. The average Bonchev–Trinajstić information content (AvgIpc) is 3.23. The number of amides is 3. The van der Waals surface area contributed by atoms with Crippen LogP contribution in [0.5, 0.6) is 5.75 Å². The molecule has 2 N–H and O–H groups in total. The average molecular weight is 633 g/mol. The number of rotatable bonds is 10. The number of hydrogen-bond donors (Lipinski definition) is 2. The number of carbonyl (C=O) groups is 3. The van der Waals surface area contributed by atoms with Gasteiger partial charge in [-0.1, -0.05) is 23.7 Å². The lowest BCUT2D eigenvalue weighted by Gasteiger charge is -2.32. The van der Waals surface area contributed by atoms with Gasteiger partial charge in [-0.05, 0) is 92.3 Å². The van der Waals surface area contributed by atoms with Crippen molar-refractivity contribution in [3.63, 3.8) is 0 Å². The SMILES string of the molecule is COC1CCc2cc(Cl)ccc2N(C(=O)c2ccc(NC(=O)c3ccccc3OCCCN3CCC(NC(C)=O)CC3)cc2)C1.